The minimum Gasteiger partial charge on any atom is -0.497 e. The Kier molecular flexibility index (Phi) is 4.65. The van der Waals surface area contributed by atoms with Gasteiger partial charge in [-0.1, -0.05) is 12.1 Å². The predicted molar refractivity (Wildman–Crippen MR) is 70.3 cm³/mol. The molecule has 0 atom stereocenters. The minimum atomic E-state index is -0.274. The topological polar surface area (TPSA) is 79.1 Å². The molecule has 7 nitrogen and oxygen atoms in total. The molecule has 20 heavy (non-hydrogen) atoms. The van der Waals surface area contributed by atoms with Gasteiger partial charge in [0.1, 0.15) is 5.75 Å². The average Bonchev–Trinajstić information content (AvgIpc) is 2.92. The number of carbonyl (C=O) groups excluding carboxylic acids is 1. The fourth-order valence-electron chi connectivity index (χ4n) is 1.74. The average molecular weight is 276 g/mol. The van der Waals surface area contributed by atoms with E-state index >= 15 is 0 Å². The van der Waals surface area contributed by atoms with Crippen molar-refractivity contribution in [1.29, 1.82) is 0 Å². The third-order valence-corrected chi connectivity index (χ3v) is 2.88. The third-order valence-electron chi connectivity index (χ3n) is 2.88. The molecule has 0 aliphatic carbocycles. The van der Waals surface area contributed by atoms with Gasteiger partial charge in [0, 0.05) is 6.42 Å². The number of nitrogens with zero attached hydrogens (tertiary/aromatic N) is 4. The van der Waals surface area contributed by atoms with Crippen molar-refractivity contribution in [2.75, 3.05) is 14.2 Å². The van der Waals surface area contributed by atoms with Crippen molar-refractivity contribution in [3.8, 4) is 5.75 Å². The molecule has 2 rings (SSSR count). The van der Waals surface area contributed by atoms with E-state index in [9.17, 15) is 4.79 Å². The molecule has 1 aromatic carbocycles. The van der Waals surface area contributed by atoms with Gasteiger partial charge < -0.3 is 9.47 Å². The van der Waals surface area contributed by atoms with E-state index in [-0.39, 0.29) is 12.4 Å². The van der Waals surface area contributed by atoms with E-state index in [1.165, 1.54) is 7.11 Å². The van der Waals surface area contributed by atoms with Crippen LogP contribution in [0.15, 0.2) is 24.3 Å². The Morgan fingerprint density at radius 2 is 2.00 bits per heavy atom. The molecule has 0 fully saturated rings. The smallest absolute Gasteiger partial charge is 0.305 e. The Balaban J connectivity index is 2.02. The standard InChI is InChI=1S/C13H16N4O3/c1-19-11-5-3-10(4-6-11)9-17-12(14-15-16-17)7-8-13(18)20-2/h3-6H,7-9H2,1-2H3. The molecular weight excluding hydrogens is 260 g/mol. The number of ether oxygens (including phenoxy) is 2. The summed E-state index contributed by atoms with van der Waals surface area (Å²) in [7, 11) is 2.99. The van der Waals surface area contributed by atoms with Gasteiger partial charge in [0.05, 0.1) is 27.2 Å². The molecule has 0 unspecified atom stereocenters. The second-order valence-electron chi connectivity index (χ2n) is 4.18. The molecule has 0 radical (unpaired) electrons. The zero-order valence-electron chi connectivity index (χ0n) is 11.4. The molecule has 0 spiro atoms. The monoisotopic (exact) mass is 276 g/mol. The summed E-state index contributed by atoms with van der Waals surface area (Å²) < 4.78 is 11.4. The SMILES string of the molecule is COC(=O)CCc1nnnn1Cc1ccc(OC)cc1. The second-order valence-corrected chi connectivity index (χ2v) is 4.18. The van der Waals surface area contributed by atoms with Crippen molar-refractivity contribution in [3.63, 3.8) is 0 Å². The molecule has 106 valence electrons. The number of aromatic nitrogens is 4. The Hall–Kier alpha value is -2.44. The van der Waals surface area contributed by atoms with Crippen LogP contribution in [-0.4, -0.2) is 40.4 Å². The van der Waals surface area contributed by atoms with Crippen molar-refractivity contribution in [2.24, 2.45) is 0 Å². The number of hydrogen-bond donors (Lipinski definition) is 0. The second kappa shape index (κ2) is 6.65. The predicted octanol–water partition coefficient (Wildman–Crippen LogP) is 0.836. The highest BCUT2D eigenvalue weighted by molar-refractivity contribution is 5.69. The maximum absolute atomic E-state index is 11.1. The van der Waals surface area contributed by atoms with E-state index in [4.69, 9.17) is 4.74 Å². The van der Waals surface area contributed by atoms with Crippen LogP contribution in [0.3, 0.4) is 0 Å². The van der Waals surface area contributed by atoms with Gasteiger partial charge in [0.25, 0.3) is 0 Å². The lowest BCUT2D eigenvalue weighted by Gasteiger charge is -2.05. The summed E-state index contributed by atoms with van der Waals surface area (Å²) in [6.45, 7) is 0.549. The summed E-state index contributed by atoms with van der Waals surface area (Å²) in [4.78, 5) is 11.1. The maximum atomic E-state index is 11.1. The molecule has 0 saturated carbocycles. The lowest BCUT2D eigenvalue weighted by molar-refractivity contribution is -0.140. The van der Waals surface area contributed by atoms with Crippen LogP contribution in [0.1, 0.15) is 17.8 Å². The van der Waals surface area contributed by atoms with E-state index < -0.39 is 0 Å². The van der Waals surface area contributed by atoms with Crippen molar-refractivity contribution in [3.05, 3.63) is 35.7 Å². The number of aryl methyl sites for hydroxylation is 1. The summed E-state index contributed by atoms with van der Waals surface area (Å²) in [5, 5.41) is 11.5. The number of benzene rings is 1. The van der Waals surface area contributed by atoms with Crippen molar-refractivity contribution >= 4 is 5.97 Å². The molecule has 2 aromatic rings. The van der Waals surface area contributed by atoms with Gasteiger partial charge in [-0.2, -0.15) is 0 Å². The minimum absolute atomic E-state index is 0.263. The van der Waals surface area contributed by atoms with Gasteiger partial charge in [0.2, 0.25) is 0 Å². The molecule has 0 aliphatic rings. The quantitative estimate of drug-likeness (QED) is 0.727. The van der Waals surface area contributed by atoms with E-state index in [0.717, 1.165) is 11.3 Å². The van der Waals surface area contributed by atoms with Gasteiger partial charge in [-0.3, -0.25) is 4.79 Å². The van der Waals surface area contributed by atoms with Gasteiger partial charge in [-0.05, 0) is 28.1 Å². The van der Waals surface area contributed by atoms with Crippen LogP contribution in [0.4, 0.5) is 0 Å². The van der Waals surface area contributed by atoms with Gasteiger partial charge in [-0.25, -0.2) is 4.68 Å². The number of tetrazole rings is 1. The lowest BCUT2D eigenvalue weighted by atomic mass is 10.2. The number of carbonyl (C=O) groups is 1. The van der Waals surface area contributed by atoms with E-state index in [0.29, 0.717) is 18.8 Å². The summed E-state index contributed by atoms with van der Waals surface area (Å²) >= 11 is 0. The highest BCUT2D eigenvalue weighted by Crippen LogP contribution is 2.12. The van der Waals surface area contributed by atoms with Gasteiger partial charge in [0.15, 0.2) is 5.82 Å². The van der Waals surface area contributed by atoms with Crippen LogP contribution in [-0.2, 0) is 22.5 Å². The molecule has 0 saturated heterocycles. The molecule has 0 amide bonds. The molecule has 1 aromatic heterocycles. The summed E-state index contributed by atoms with van der Waals surface area (Å²) in [6.07, 6.45) is 0.718. The first-order valence-electron chi connectivity index (χ1n) is 6.17. The van der Waals surface area contributed by atoms with E-state index in [2.05, 4.69) is 20.3 Å². The molecular formula is C13H16N4O3. The molecule has 0 N–H and O–H groups in total. The number of rotatable bonds is 6. The molecule has 1 heterocycles. The first-order valence-corrected chi connectivity index (χ1v) is 6.17. The number of esters is 1. The van der Waals surface area contributed by atoms with E-state index in [1.54, 1.807) is 11.8 Å². The maximum Gasteiger partial charge on any atom is 0.305 e. The number of hydrogen-bond acceptors (Lipinski definition) is 6. The van der Waals surface area contributed by atoms with Crippen LogP contribution >= 0.6 is 0 Å². The fourth-order valence-corrected chi connectivity index (χ4v) is 1.74. The molecule has 7 heteroatoms. The Bertz CT molecular complexity index is 565. The Morgan fingerprint density at radius 1 is 1.25 bits per heavy atom. The number of methoxy groups -OCH3 is 2. The van der Waals surface area contributed by atoms with Crippen molar-refractivity contribution in [1.82, 2.24) is 20.2 Å². The van der Waals surface area contributed by atoms with Gasteiger partial charge >= 0.3 is 5.97 Å². The van der Waals surface area contributed by atoms with Crippen LogP contribution in [0.2, 0.25) is 0 Å². The van der Waals surface area contributed by atoms with Crippen molar-refractivity contribution < 1.29 is 14.3 Å². The van der Waals surface area contributed by atoms with Crippen molar-refractivity contribution in [2.45, 2.75) is 19.4 Å². The Morgan fingerprint density at radius 3 is 2.65 bits per heavy atom. The molecule has 0 aliphatic heterocycles. The molecule has 0 bridgehead atoms. The summed E-state index contributed by atoms with van der Waals surface area (Å²) in [5.41, 5.74) is 1.05. The Labute approximate surface area is 116 Å². The first kappa shape index (κ1) is 14.0. The largest absolute Gasteiger partial charge is 0.497 e. The summed E-state index contributed by atoms with van der Waals surface area (Å²) in [6, 6.07) is 7.66. The van der Waals surface area contributed by atoms with Crippen LogP contribution in [0.5, 0.6) is 5.75 Å². The normalized spacial score (nSPS) is 10.3. The zero-order valence-corrected chi connectivity index (χ0v) is 11.4. The third kappa shape index (κ3) is 3.53. The van der Waals surface area contributed by atoms with Crippen LogP contribution in [0.25, 0.3) is 0 Å². The van der Waals surface area contributed by atoms with Crippen LogP contribution < -0.4 is 4.74 Å². The fraction of sp³-hybridized carbons (Fsp3) is 0.385. The summed E-state index contributed by atoms with van der Waals surface area (Å²) in [5.74, 6) is 1.19. The first-order chi connectivity index (χ1) is 9.72. The van der Waals surface area contributed by atoms with Gasteiger partial charge in [-0.15, -0.1) is 5.10 Å². The van der Waals surface area contributed by atoms with Crippen LogP contribution in [0, 0.1) is 0 Å². The lowest BCUT2D eigenvalue weighted by Crippen LogP contribution is -2.10. The highest BCUT2D eigenvalue weighted by atomic mass is 16.5. The van der Waals surface area contributed by atoms with E-state index in [1.807, 2.05) is 24.3 Å². The zero-order chi connectivity index (χ0) is 14.4. The highest BCUT2D eigenvalue weighted by Gasteiger charge is 2.09.